The number of aromatic nitrogens is 3. The van der Waals surface area contributed by atoms with Gasteiger partial charge in [-0.25, -0.2) is 0 Å². The van der Waals surface area contributed by atoms with Crippen molar-refractivity contribution in [2.45, 2.75) is 13.3 Å². The van der Waals surface area contributed by atoms with Crippen molar-refractivity contribution >= 4 is 17.3 Å². The number of hydrogen-bond acceptors (Lipinski definition) is 4. The van der Waals surface area contributed by atoms with E-state index < -0.39 is 0 Å². The van der Waals surface area contributed by atoms with Gasteiger partial charge in [0.05, 0.1) is 23.3 Å². The largest absolute Gasteiger partial charge is 0.395 e. The van der Waals surface area contributed by atoms with Crippen LogP contribution in [-0.2, 0) is 13.5 Å². The summed E-state index contributed by atoms with van der Waals surface area (Å²) < 4.78 is 1.50. The highest BCUT2D eigenvalue weighted by atomic mass is 16.2. The molecule has 18 heavy (non-hydrogen) atoms. The molecule has 3 N–H and O–H groups in total. The molecule has 0 radical (unpaired) electrons. The van der Waals surface area contributed by atoms with Crippen LogP contribution in [0.25, 0.3) is 0 Å². The second-order valence-electron chi connectivity index (χ2n) is 3.88. The summed E-state index contributed by atoms with van der Waals surface area (Å²) in [6.45, 7) is 1.95. The Labute approximate surface area is 105 Å². The number of amides is 1. The lowest BCUT2D eigenvalue weighted by atomic mass is 10.2. The van der Waals surface area contributed by atoms with Gasteiger partial charge in [-0.2, -0.15) is 5.10 Å². The molecule has 0 saturated heterocycles. The SMILES string of the molecule is CCc1nn(C)c(C(=O)Nc2cccnc2)c1N. The van der Waals surface area contributed by atoms with Gasteiger partial charge in [-0.05, 0) is 18.6 Å². The van der Waals surface area contributed by atoms with Crippen molar-refractivity contribution in [2.24, 2.45) is 7.05 Å². The minimum Gasteiger partial charge on any atom is -0.395 e. The van der Waals surface area contributed by atoms with E-state index >= 15 is 0 Å². The smallest absolute Gasteiger partial charge is 0.276 e. The minimum absolute atomic E-state index is 0.282. The van der Waals surface area contributed by atoms with Crippen molar-refractivity contribution in [1.29, 1.82) is 0 Å². The fourth-order valence-electron chi connectivity index (χ4n) is 1.75. The first-order valence-electron chi connectivity index (χ1n) is 5.66. The Kier molecular flexibility index (Phi) is 3.27. The summed E-state index contributed by atoms with van der Waals surface area (Å²) >= 11 is 0. The molecular formula is C12H15N5O. The lowest BCUT2D eigenvalue weighted by Crippen LogP contribution is -2.17. The molecule has 0 aliphatic carbocycles. The van der Waals surface area contributed by atoms with Crippen LogP contribution >= 0.6 is 0 Å². The maximum Gasteiger partial charge on any atom is 0.276 e. The second kappa shape index (κ2) is 4.87. The average molecular weight is 245 g/mol. The molecule has 0 unspecified atom stereocenters. The Morgan fingerprint density at radius 1 is 1.56 bits per heavy atom. The van der Waals surface area contributed by atoms with Gasteiger partial charge in [0.15, 0.2) is 0 Å². The van der Waals surface area contributed by atoms with Crippen LogP contribution in [0.5, 0.6) is 0 Å². The zero-order chi connectivity index (χ0) is 13.1. The molecule has 94 valence electrons. The number of carbonyl (C=O) groups excluding carboxylic acids is 1. The standard InChI is InChI=1S/C12H15N5O/c1-3-9-10(13)11(17(2)16-9)12(18)15-8-5-4-6-14-7-8/h4-7H,3,13H2,1-2H3,(H,15,18). The molecule has 0 aromatic carbocycles. The quantitative estimate of drug-likeness (QED) is 0.851. The van der Waals surface area contributed by atoms with E-state index in [2.05, 4.69) is 15.4 Å². The summed E-state index contributed by atoms with van der Waals surface area (Å²) in [6.07, 6.45) is 3.91. The summed E-state index contributed by atoms with van der Waals surface area (Å²) in [5, 5.41) is 6.94. The Balaban J connectivity index is 2.27. The van der Waals surface area contributed by atoms with Crippen molar-refractivity contribution in [2.75, 3.05) is 11.1 Å². The first-order valence-corrected chi connectivity index (χ1v) is 5.66. The molecule has 0 saturated carbocycles. The molecule has 0 fully saturated rings. The van der Waals surface area contributed by atoms with Gasteiger partial charge >= 0.3 is 0 Å². The van der Waals surface area contributed by atoms with E-state index in [-0.39, 0.29) is 5.91 Å². The summed E-state index contributed by atoms with van der Waals surface area (Å²) in [4.78, 5) is 16.0. The molecule has 2 heterocycles. The molecule has 0 aliphatic heterocycles. The highest BCUT2D eigenvalue weighted by Gasteiger charge is 2.18. The topological polar surface area (TPSA) is 85.8 Å². The van der Waals surface area contributed by atoms with Gasteiger partial charge in [0.2, 0.25) is 0 Å². The molecule has 0 aliphatic rings. The summed E-state index contributed by atoms with van der Waals surface area (Å²) in [5.41, 5.74) is 8.07. The van der Waals surface area contributed by atoms with Gasteiger partial charge in [-0.15, -0.1) is 0 Å². The van der Waals surface area contributed by atoms with Crippen LogP contribution in [0.3, 0.4) is 0 Å². The molecule has 0 atom stereocenters. The van der Waals surface area contributed by atoms with E-state index in [1.165, 1.54) is 4.68 Å². The first-order chi connectivity index (χ1) is 8.63. The predicted octanol–water partition coefficient (Wildman–Crippen LogP) is 1.21. The molecular weight excluding hydrogens is 230 g/mol. The maximum absolute atomic E-state index is 12.1. The molecule has 0 bridgehead atoms. The number of carbonyl (C=O) groups is 1. The Morgan fingerprint density at radius 3 is 2.89 bits per heavy atom. The third kappa shape index (κ3) is 2.17. The summed E-state index contributed by atoms with van der Waals surface area (Å²) in [5.74, 6) is -0.282. The number of rotatable bonds is 3. The normalized spacial score (nSPS) is 10.3. The van der Waals surface area contributed by atoms with Crippen LogP contribution in [0.15, 0.2) is 24.5 Å². The van der Waals surface area contributed by atoms with Gasteiger partial charge in [0.1, 0.15) is 5.69 Å². The number of nitrogens with one attached hydrogen (secondary N) is 1. The van der Waals surface area contributed by atoms with Gasteiger partial charge < -0.3 is 11.1 Å². The molecule has 6 nitrogen and oxygen atoms in total. The van der Waals surface area contributed by atoms with E-state index in [1.807, 2.05) is 6.92 Å². The van der Waals surface area contributed by atoms with Crippen molar-refractivity contribution in [1.82, 2.24) is 14.8 Å². The van der Waals surface area contributed by atoms with Crippen LogP contribution in [0, 0.1) is 0 Å². The third-order valence-corrected chi connectivity index (χ3v) is 2.63. The van der Waals surface area contributed by atoms with Crippen LogP contribution in [-0.4, -0.2) is 20.7 Å². The first kappa shape index (κ1) is 12.1. The van der Waals surface area contributed by atoms with Crippen molar-refractivity contribution < 1.29 is 4.79 Å². The van der Waals surface area contributed by atoms with Crippen LogP contribution in [0.2, 0.25) is 0 Å². The zero-order valence-corrected chi connectivity index (χ0v) is 10.3. The fraction of sp³-hybridized carbons (Fsp3) is 0.250. The fourth-order valence-corrected chi connectivity index (χ4v) is 1.75. The number of nitrogen functional groups attached to an aromatic ring is 1. The van der Waals surface area contributed by atoms with Crippen LogP contribution < -0.4 is 11.1 Å². The van der Waals surface area contributed by atoms with Gasteiger partial charge in [0, 0.05) is 13.2 Å². The van der Waals surface area contributed by atoms with Crippen LogP contribution in [0.1, 0.15) is 23.1 Å². The van der Waals surface area contributed by atoms with E-state index in [0.29, 0.717) is 23.5 Å². The zero-order valence-electron chi connectivity index (χ0n) is 10.3. The number of pyridine rings is 1. The predicted molar refractivity (Wildman–Crippen MR) is 69.2 cm³/mol. The second-order valence-corrected chi connectivity index (χ2v) is 3.88. The van der Waals surface area contributed by atoms with E-state index in [9.17, 15) is 4.79 Å². The number of nitrogens with two attached hydrogens (primary N) is 1. The van der Waals surface area contributed by atoms with Crippen molar-refractivity contribution in [3.05, 3.63) is 35.9 Å². The number of hydrogen-bond donors (Lipinski definition) is 2. The van der Waals surface area contributed by atoms with Crippen LogP contribution in [0.4, 0.5) is 11.4 Å². The number of aryl methyl sites for hydroxylation is 2. The summed E-state index contributed by atoms with van der Waals surface area (Å²) in [6, 6.07) is 3.51. The Hall–Kier alpha value is -2.37. The lowest BCUT2D eigenvalue weighted by molar-refractivity contribution is 0.101. The monoisotopic (exact) mass is 245 g/mol. The Bertz CT molecular complexity index is 561. The Morgan fingerprint density at radius 2 is 2.33 bits per heavy atom. The van der Waals surface area contributed by atoms with Gasteiger partial charge in [0.25, 0.3) is 5.91 Å². The molecule has 0 spiro atoms. The third-order valence-electron chi connectivity index (χ3n) is 2.63. The van der Waals surface area contributed by atoms with E-state index in [1.54, 1.807) is 31.6 Å². The van der Waals surface area contributed by atoms with Crippen molar-refractivity contribution in [3.63, 3.8) is 0 Å². The molecule has 6 heteroatoms. The lowest BCUT2D eigenvalue weighted by Gasteiger charge is -2.05. The number of nitrogens with zero attached hydrogens (tertiary/aromatic N) is 3. The van der Waals surface area contributed by atoms with E-state index in [4.69, 9.17) is 5.73 Å². The molecule has 2 aromatic rings. The minimum atomic E-state index is -0.282. The summed E-state index contributed by atoms with van der Waals surface area (Å²) in [7, 11) is 1.70. The molecule has 2 aromatic heterocycles. The highest BCUT2D eigenvalue weighted by Crippen LogP contribution is 2.18. The highest BCUT2D eigenvalue weighted by molar-refractivity contribution is 6.06. The van der Waals surface area contributed by atoms with E-state index in [0.717, 1.165) is 5.69 Å². The van der Waals surface area contributed by atoms with Gasteiger partial charge in [-0.3, -0.25) is 14.5 Å². The van der Waals surface area contributed by atoms with Crippen molar-refractivity contribution in [3.8, 4) is 0 Å². The maximum atomic E-state index is 12.1. The average Bonchev–Trinajstić information content (AvgIpc) is 2.65. The molecule has 2 rings (SSSR count). The number of anilines is 2. The van der Waals surface area contributed by atoms with Gasteiger partial charge in [-0.1, -0.05) is 6.92 Å². The molecule has 1 amide bonds.